The second-order valence-corrected chi connectivity index (χ2v) is 11.6. The molecule has 0 bridgehead atoms. The highest BCUT2D eigenvalue weighted by Crippen LogP contribution is 2.27. The molecule has 0 atom stereocenters. The van der Waals surface area contributed by atoms with E-state index in [9.17, 15) is 0 Å². The molecule has 48 heavy (non-hydrogen) atoms. The molecule has 0 aromatic heterocycles. The summed E-state index contributed by atoms with van der Waals surface area (Å²) in [5.74, 6) is 0. The molecule has 2 nitrogen and oxygen atoms in total. The lowest BCUT2D eigenvalue weighted by molar-refractivity contribution is 0.878. The minimum atomic E-state index is 0.0199. The summed E-state index contributed by atoms with van der Waals surface area (Å²) in [6.07, 6.45) is 8.24. The second-order valence-electron chi connectivity index (χ2n) is 11.6. The minimum Gasteiger partial charge on any atom is -0.280 e. The zero-order chi connectivity index (χ0) is 33.2. The molecule has 0 aliphatic rings. The zero-order valence-electron chi connectivity index (χ0n) is 27.7. The van der Waals surface area contributed by atoms with Gasteiger partial charge in [0.1, 0.15) is 0 Å². The summed E-state index contributed by atoms with van der Waals surface area (Å²) in [6.45, 7) is 4.17. The Labute approximate surface area is 286 Å². The quantitative estimate of drug-likeness (QED) is 0.136. The van der Waals surface area contributed by atoms with Crippen molar-refractivity contribution in [3.05, 3.63) is 227 Å². The standard InChI is InChI=1S/2C23H21N/c2*1-19(17-20-11-5-2-6-12-20)18-24-23(21-13-7-3-8-14-21)22-15-9-4-10-16-22/h2*2-18,23H,1H3/b2*19-17+,24-18?. The monoisotopic (exact) mass is 622 g/mol. The first-order valence-electron chi connectivity index (χ1n) is 16.4. The van der Waals surface area contributed by atoms with Gasteiger partial charge in [-0.3, -0.25) is 9.98 Å². The lowest BCUT2D eigenvalue weighted by Gasteiger charge is -2.13. The summed E-state index contributed by atoms with van der Waals surface area (Å²) in [7, 11) is 0. The van der Waals surface area contributed by atoms with E-state index in [2.05, 4.69) is 147 Å². The van der Waals surface area contributed by atoms with Gasteiger partial charge in [-0.1, -0.05) is 194 Å². The first-order chi connectivity index (χ1) is 23.7. The highest BCUT2D eigenvalue weighted by atomic mass is 14.8. The molecule has 0 aliphatic carbocycles. The Morgan fingerprint density at radius 2 is 0.583 bits per heavy atom. The van der Waals surface area contributed by atoms with Crippen LogP contribution in [0.2, 0.25) is 0 Å². The molecule has 0 spiro atoms. The maximum atomic E-state index is 4.87. The third-order valence-corrected chi connectivity index (χ3v) is 7.70. The van der Waals surface area contributed by atoms with Crippen LogP contribution >= 0.6 is 0 Å². The first kappa shape index (κ1) is 33.5. The molecule has 6 rings (SSSR count). The molecule has 6 aromatic rings. The van der Waals surface area contributed by atoms with Gasteiger partial charge in [0.2, 0.25) is 0 Å². The molecule has 0 heterocycles. The Balaban J connectivity index is 0.000000188. The van der Waals surface area contributed by atoms with Crippen LogP contribution in [0.5, 0.6) is 0 Å². The van der Waals surface area contributed by atoms with E-state index in [1.807, 2.05) is 73.1 Å². The van der Waals surface area contributed by atoms with Crippen molar-refractivity contribution >= 4 is 24.6 Å². The van der Waals surface area contributed by atoms with Crippen molar-refractivity contribution in [3.8, 4) is 0 Å². The number of rotatable bonds is 10. The van der Waals surface area contributed by atoms with Crippen molar-refractivity contribution in [2.75, 3.05) is 0 Å². The Bertz CT molecular complexity index is 1670. The van der Waals surface area contributed by atoms with Gasteiger partial charge in [-0.05, 0) is 58.4 Å². The van der Waals surface area contributed by atoms with E-state index in [4.69, 9.17) is 9.98 Å². The molecule has 2 heteroatoms. The van der Waals surface area contributed by atoms with Crippen LogP contribution in [0.3, 0.4) is 0 Å². The van der Waals surface area contributed by atoms with Crippen molar-refractivity contribution in [3.63, 3.8) is 0 Å². The molecule has 236 valence electrons. The van der Waals surface area contributed by atoms with E-state index < -0.39 is 0 Å². The molecule has 6 aromatic carbocycles. The highest BCUT2D eigenvalue weighted by molar-refractivity contribution is 5.85. The average Bonchev–Trinajstić information content (AvgIpc) is 3.15. The van der Waals surface area contributed by atoms with E-state index in [0.717, 1.165) is 11.1 Å². The second kappa shape index (κ2) is 18.3. The van der Waals surface area contributed by atoms with Crippen molar-refractivity contribution < 1.29 is 0 Å². The molecule has 0 amide bonds. The van der Waals surface area contributed by atoms with Gasteiger partial charge in [0, 0.05) is 12.4 Å². The summed E-state index contributed by atoms with van der Waals surface area (Å²) in [4.78, 5) is 9.73. The Kier molecular flexibility index (Phi) is 12.8. The Hall–Kier alpha value is -5.86. The van der Waals surface area contributed by atoms with E-state index in [-0.39, 0.29) is 12.1 Å². The van der Waals surface area contributed by atoms with E-state index in [1.54, 1.807) is 0 Å². The zero-order valence-corrected chi connectivity index (χ0v) is 27.7. The lowest BCUT2D eigenvalue weighted by Crippen LogP contribution is -1.98. The van der Waals surface area contributed by atoms with Crippen LogP contribution in [-0.2, 0) is 0 Å². The summed E-state index contributed by atoms with van der Waals surface area (Å²) >= 11 is 0. The third-order valence-electron chi connectivity index (χ3n) is 7.70. The van der Waals surface area contributed by atoms with Crippen LogP contribution < -0.4 is 0 Å². The van der Waals surface area contributed by atoms with Crippen molar-refractivity contribution in [2.45, 2.75) is 25.9 Å². The van der Waals surface area contributed by atoms with Crippen LogP contribution in [0.25, 0.3) is 12.2 Å². The van der Waals surface area contributed by atoms with Crippen molar-refractivity contribution in [2.24, 2.45) is 9.98 Å². The summed E-state index contributed by atoms with van der Waals surface area (Å²) < 4.78 is 0. The van der Waals surface area contributed by atoms with Crippen molar-refractivity contribution in [1.82, 2.24) is 0 Å². The maximum Gasteiger partial charge on any atom is 0.0999 e. The number of benzene rings is 6. The molecular formula is C46H42N2. The van der Waals surface area contributed by atoms with Gasteiger partial charge in [-0.15, -0.1) is 0 Å². The Morgan fingerprint density at radius 1 is 0.354 bits per heavy atom. The molecule has 0 aliphatic heterocycles. The molecular weight excluding hydrogens is 581 g/mol. The van der Waals surface area contributed by atoms with Crippen LogP contribution in [-0.4, -0.2) is 12.4 Å². The third kappa shape index (κ3) is 10.6. The van der Waals surface area contributed by atoms with Gasteiger partial charge in [0.05, 0.1) is 12.1 Å². The predicted molar refractivity (Wildman–Crippen MR) is 207 cm³/mol. The summed E-state index contributed by atoms with van der Waals surface area (Å²) in [5, 5.41) is 0. The van der Waals surface area contributed by atoms with Gasteiger partial charge < -0.3 is 0 Å². The van der Waals surface area contributed by atoms with Crippen molar-refractivity contribution in [1.29, 1.82) is 0 Å². The maximum absolute atomic E-state index is 4.87. The Morgan fingerprint density at radius 3 is 0.833 bits per heavy atom. The number of hydrogen-bond donors (Lipinski definition) is 0. The van der Waals surface area contributed by atoms with Crippen LogP contribution in [0, 0.1) is 0 Å². The largest absolute Gasteiger partial charge is 0.280 e. The molecule has 0 radical (unpaired) electrons. The van der Waals surface area contributed by atoms with Crippen LogP contribution in [0.15, 0.2) is 203 Å². The molecule has 0 fully saturated rings. The molecule has 0 saturated carbocycles. The number of nitrogens with zero attached hydrogens (tertiary/aromatic N) is 2. The molecule has 0 saturated heterocycles. The van der Waals surface area contributed by atoms with Crippen LogP contribution in [0.4, 0.5) is 0 Å². The van der Waals surface area contributed by atoms with Crippen LogP contribution in [0.1, 0.15) is 59.3 Å². The van der Waals surface area contributed by atoms with Gasteiger partial charge in [0.15, 0.2) is 0 Å². The molecule has 0 unspecified atom stereocenters. The smallest absolute Gasteiger partial charge is 0.0999 e. The van der Waals surface area contributed by atoms with Gasteiger partial charge in [-0.2, -0.15) is 0 Å². The average molecular weight is 623 g/mol. The highest BCUT2D eigenvalue weighted by Gasteiger charge is 2.12. The minimum absolute atomic E-state index is 0.0199. The SMILES string of the molecule is C/C(C=NC(c1ccccc1)c1ccccc1)=C\c1ccccc1.C/C(C=NC(c1ccccc1)c1ccccc1)=C\c1ccccc1. The fourth-order valence-corrected chi connectivity index (χ4v) is 5.35. The summed E-state index contributed by atoms with van der Waals surface area (Å²) in [6, 6.07) is 62.4. The predicted octanol–water partition coefficient (Wildman–Crippen LogP) is 11.9. The fourth-order valence-electron chi connectivity index (χ4n) is 5.35. The van der Waals surface area contributed by atoms with E-state index in [1.165, 1.54) is 33.4 Å². The topological polar surface area (TPSA) is 24.7 Å². The summed E-state index contributed by atoms with van der Waals surface area (Å²) in [5.41, 5.74) is 9.46. The number of hydrogen-bond acceptors (Lipinski definition) is 2. The normalized spacial score (nSPS) is 12.0. The fraction of sp³-hybridized carbons (Fsp3) is 0.0870. The van der Waals surface area contributed by atoms with Gasteiger partial charge >= 0.3 is 0 Å². The van der Waals surface area contributed by atoms with Gasteiger partial charge in [0.25, 0.3) is 0 Å². The lowest BCUT2D eigenvalue weighted by atomic mass is 9.99. The molecule has 0 N–H and O–H groups in total. The number of allylic oxidation sites excluding steroid dienone is 2. The van der Waals surface area contributed by atoms with Gasteiger partial charge in [-0.25, -0.2) is 0 Å². The van der Waals surface area contributed by atoms with E-state index >= 15 is 0 Å². The van der Waals surface area contributed by atoms with E-state index in [0.29, 0.717) is 0 Å². The first-order valence-corrected chi connectivity index (χ1v) is 16.4. The number of aliphatic imine (C=N–C) groups is 2.